The summed E-state index contributed by atoms with van der Waals surface area (Å²) >= 11 is 0. The fourth-order valence-corrected chi connectivity index (χ4v) is 3.07. The van der Waals surface area contributed by atoms with Crippen LogP contribution in [0, 0.1) is 12.7 Å². The van der Waals surface area contributed by atoms with Crippen molar-refractivity contribution in [1.29, 1.82) is 0 Å². The second-order valence-corrected chi connectivity index (χ2v) is 6.67. The van der Waals surface area contributed by atoms with Crippen molar-refractivity contribution in [2.75, 3.05) is 0 Å². The molecule has 29 heavy (non-hydrogen) atoms. The van der Waals surface area contributed by atoms with Crippen molar-refractivity contribution in [2.45, 2.75) is 20.1 Å². The second kappa shape index (κ2) is 9.01. The first-order chi connectivity index (χ1) is 13.6. The molecule has 4 rings (SSSR count). The van der Waals surface area contributed by atoms with E-state index in [9.17, 15) is 9.18 Å². The van der Waals surface area contributed by atoms with E-state index in [2.05, 4.69) is 0 Å². The Morgan fingerprint density at radius 2 is 1.79 bits per heavy atom. The predicted molar refractivity (Wildman–Crippen MR) is 104 cm³/mol. The number of halogens is 2. The van der Waals surface area contributed by atoms with Crippen molar-refractivity contribution in [1.82, 2.24) is 0 Å². The highest BCUT2D eigenvalue weighted by Gasteiger charge is 2.08. The summed E-state index contributed by atoms with van der Waals surface area (Å²) < 4.78 is 26.7. The van der Waals surface area contributed by atoms with Gasteiger partial charge in [-0.3, -0.25) is 0 Å². The first kappa shape index (κ1) is 20.7. The third-order valence-corrected chi connectivity index (χ3v) is 4.60. The van der Waals surface area contributed by atoms with Crippen LogP contribution in [0.15, 0.2) is 82.3 Å². The van der Waals surface area contributed by atoms with Crippen LogP contribution in [0.4, 0.5) is 4.39 Å². The van der Waals surface area contributed by atoms with Gasteiger partial charge in [0, 0.05) is 35.2 Å². The van der Waals surface area contributed by atoms with Gasteiger partial charge in [-0.2, -0.15) is 0 Å². The molecule has 0 spiro atoms. The molecule has 0 amide bonds. The van der Waals surface area contributed by atoms with Crippen molar-refractivity contribution < 1.29 is 35.1 Å². The zero-order chi connectivity index (χ0) is 19.5. The molecule has 0 N–H and O–H groups in total. The molecule has 4 nitrogen and oxygen atoms in total. The maximum absolute atomic E-state index is 13.8. The number of aromatic nitrogens is 1. The quantitative estimate of drug-likeness (QED) is 0.335. The summed E-state index contributed by atoms with van der Waals surface area (Å²) in [6, 6.07) is 17.6. The highest BCUT2D eigenvalue weighted by atomic mass is 79.9. The lowest BCUT2D eigenvalue weighted by atomic mass is 10.1. The number of rotatable bonds is 5. The van der Waals surface area contributed by atoms with E-state index in [1.165, 1.54) is 12.1 Å². The van der Waals surface area contributed by atoms with Gasteiger partial charge in [0.2, 0.25) is 0 Å². The van der Waals surface area contributed by atoms with Crippen LogP contribution in [0.1, 0.15) is 16.7 Å². The largest absolute Gasteiger partial charge is 1.00 e. The van der Waals surface area contributed by atoms with E-state index in [1.54, 1.807) is 18.2 Å². The first-order valence-electron chi connectivity index (χ1n) is 8.97. The molecular formula is C23H19BrFNO3. The molecule has 0 radical (unpaired) electrons. The van der Waals surface area contributed by atoms with Gasteiger partial charge >= 0.3 is 5.63 Å². The molecular weight excluding hydrogens is 437 g/mol. The molecule has 0 bridgehead atoms. The normalized spacial score (nSPS) is 10.6. The van der Waals surface area contributed by atoms with Gasteiger partial charge < -0.3 is 26.1 Å². The van der Waals surface area contributed by atoms with Crippen molar-refractivity contribution in [3.05, 3.63) is 106 Å². The van der Waals surface area contributed by atoms with Crippen LogP contribution in [0.25, 0.3) is 11.0 Å². The highest BCUT2D eigenvalue weighted by molar-refractivity contribution is 5.81. The zero-order valence-corrected chi connectivity index (χ0v) is 17.4. The predicted octanol–water partition coefficient (Wildman–Crippen LogP) is 1.16. The number of fused-ring (bicyclic) bond motifs is 1. The van der Waals surface area contributed by atoms with Gasteiger partial charge in [-0.15, -0.1) is 0 Å². The molecule has 0 saturated carbocycles. The van der Waals surface area contributed by atoms with Crippen LogP contribution >= 0.6 is 0 Å². The topological polar surface area (TPSA) is 43.3 Å². The molecule has 0 unspecified atom stereocenters. The SMILES string of the molecule is Cc1cc(=O)oc2cc(OCc3cc[n+](Cc4ccccc4F)cc3)ccc12.[Br-]. The van der Waals surface area contributed by atoms with Gasteiger partial charge in [-0.1, -0.05) is 12.1 Å². The highest BCUT2D eigenvalue weighted by Crippen LogP contribution is 2.22. The monoisotopic (exact) mass is 455 g/mol. The summed E-state index contributed by atoms with van der Waals surface area (Å²) in [7, 11) is 0. The Kier molecular flexibility index (Phi) is 6.44. The number of aryl methyl sites for hydroxylation is 1. The van der Waals surface area contributed by atoms with E-state index in [-0.39, 0.29) is 28.4 Å². The zero-order valence-electron chi connectivity index (χ0n) is 15.8. The Balaban J connectivity index is 0.00000240. The van der Waals surface area contributed by atoms with Crippen LogP contribution in [0.5, 0.6) is 5.75 Å². The van der Waals surface area contributed by atoms with Crippen molar-refractivity contribution in [3.8, 4) is 5.75 Å². The van der Waals surface area contributed by atoms with Crippen molar-refractivity contribution in [2.24, 2.45) is 0 Å². The Morgan fingerprint density at radius 3 is 2.55 bits per heavy atom. The van der Waals surface area contributed by atoms with Crippen LogP contribution < -0.4 is 31.9 Å². The number of pyridine rings is 1. The summed E-state index contributed by atoms with van der Waals surface area (Å²) in [6.45, 7) is 2.72. The number of nitrogens with zero attached hydrogens (tertiary/aromatic N) is 1. The number of benzene rings is 2. The summed E-state index contributed by atoms with van der Waals surface area (Å²) in [4.78, 5) is 11.5. The van der Waals surface area contributed by atoms with Gasteiger partial charge in [0.15, 0.2) is 18.9 Å². The maximum Gasteiger partial charge on any atom is 0.336 e. The minimum atomic E-state index is -0.371. The molecule has 6 heteroatoms. The summed E-state index contributed by atoms with van der Waals surface area (Å²) in [5.74, 6) is 0.421. The van der Waals surface area contributed by atoms with E-state index >= 15 is 0 Å². The third-order valence-electron chi connectivity index (χ3n) is 4.60. The molecule has 0 aliphatic heterocycles. The van der Waals surface area contributed by atoms with Gasteiger partial charge in [-0.25, -0.2) is 13.8 Å². The van der Waals surface area contributed by atoms with Crippen molar-refractivity contribution in [3.63, 3.8) is 0 Å². The smallest absolute Gasteiger partial charge is 0.336 e. The molecule has 0 aliphatic rings. The summed E-state index contributed by atoms with van der Waals surface area (Å²) in [6.07, 6.45) is 3.79. The molecule has 0 atom stereocenters. The minimum Gasteiger partial charge on any atom is -1.00 e. The molecule has 0 fully saturated rings. The summed E-state index contributed by atoms with van der Waals surface area (Å²) in [5.41, 5.74) is 2.64. The second-order valence-electron chi connectivity index (χ2n) is 6.67. The Morgan fingerprint density at radius 1 is 1.03 bits per heavy atom. The number of hydrogen-bond acceptors (Lipinski definition) is 3. The minimum absolute atomic E-state index is 0. The molecule has 4 aromatic rings. The average Bonchev–Trinajstić information content (AvgIpc) is 2.69. The third kappa shape index (κ3) is 4.90. The van der Waals surface area contributed by atoms with E-state index < -0.39 is 0 Å². The molecule has 0 saturated heterocycles. The fourth-order valence-electron chi connectivity index (χ4n) is 3.07. The van der Waals surface area contributed by atoms with E-state index in [1.807, 2.05) is 54.2 Å². The lowest BCUT2D eigenvalue weighted by Gasteiger charge is -2.07. The summed E-state index contributed by atoms with van der Waals surface area (Å²) in [5, 5.41) is 0.890. The van der Waals surface area contributed by atoms with Crippen LogP contribution in [0.2, 0.25) is 0 Å². The Bertz CT molecular complexity index is 1190. The molecule has 2 aromatic heterocycles. The fraction of sp³-hybridized carbons (Fsp3) is 0.130. The van der Waals surface area contributed by atoms with Crippen LogP contribution in [0.3, 0.4) is 0 Å². The average molecular weight is 456 g/mol. The lowest BCUT2D eigenvalue weighted by molar-refractivity contribution is -0.688. The molecule has 2 aromatic carbocycles. The van der Waals surface area contributed by atoms with Crippen molar-refractivity contribution >= 4 is 11.0 Å². The molecule has 148 valence electrons. The number of hydrogen-bond donors (Lipinski definition) is 0. The van der Waals surface area contributed by atoms with Gasteiger partial charge in [-0.05, 0) is 36.8 Å². The van der Waals surface area contributed by atoms with Crippen LogP contribution in [-0.2, 0) is 13.2 Å². The molecule has 0 aliphatic carbocycles. The molecule has 2 heterocycles. The Hall–Kier alpha value is -2.99. The van der Waals surface area contributed by atoms with Gasteiger partial charge in [0.05, 0.1) is 5.56 Å². The lowest BCUT2D eigenvalue weighted by Crippen LogP contribution is -3.00. The van der Waals surface area contributed by atoms with E-state index in [4.69, 9.17) is 9.15 Å². The first-order valence-corrected chi connectivity index (χ1v) is 8.97. The van der Waals surface area contributed by atoms with Gasteiger partial charge in [0.25, 0.3) is 0 Å². The maximum atomic E-state index is 13.8. The van der Waals surface area contributed by atoms with Gasteiger partial charge in [0.1, 0.15) is 23.8 Å². The van der Waals surface area contributed by atoms with Crippen LogP contribution in [-0.4, -0.2) is 0 Å². The number of ether oxygens (including phenoxy) is 1. The van der Waals surface area contributed by atoms with E-state index in [0.29, 0.717) is 30.0 Å². The Labute approximate surface area is 178 Å². The van der Waals surface area contributed by atoms with E-state index in [0.717, 1.165) is 16.5 Å². The standard InChI is InChI=1S/C23H19FNO3.BrH/c1-16-12-23(26)28-22-13-19(6-7-20(16)22)27-15-17-8-10-25(11-9-17)14-18-4-2-3-5-21(18)24;/h2-13H,14-15H2,1H3;1H/q+1;/p-1.